The van der Waals surface area contributed by atoms with Crippen molar-refractivity contribution in [2.45, 2.75) is 13.3 Å². The summed E-state index contributed by atoms with van der Waals surface area (Å²) in [6.45, 7) is 1.78. The standard InChI is InChI=1S/C11H10F2N2S.BrH/c1-6-10(16-11(14)15-6)5-7-8(12)3-2-4-9(7)13;/h2-4H,5H2,1H3,(H2,14,15);1H. The highest BCUT2D eigenvalue weighted by molar-refractivity contribution is 8.93. The summed E-state index contributed by atoms with van der Waals surface area (Å²) >= 11 is 1.26. The van der Waals surface area contributed by atoms with E-state index in [1.54, 1.807) is 6.92 Å². The van der Waals surface area contributed by atoms with Crippen molar-refractivity contribution in [1.29, 1.82) is 0 Å². The third-order valence-corrected chi connectivity index (χ3v) is 3.29. The number of halogens is 3. The van der Waals surface area contributed by atoms with E-state index in [4.69, 9.17) is 5.73 Å². The normalized spacial score (nSPS) is 10.1. The van der Waals surface area contributed by atoms with E-state index in [0.717, 1.165) is 10.6 Å². The molecular weight excluding hydrogens is 310 g/mol. The van der Waals surface area contributed by atoms with Gasteiger partial charge in [-0.1, -0.05) is 6.07 Å². The first-order chi connectivity index (χ1) is 7.58. The Bertz CT molecular complexity index is 508. The zero-order chi connectivity index (χ0) is 11.7. The Labute approximate surface area is 112 Å². The SMILES string of the molecule is Br.Cc1nc(N)sc1Cc1c(F)cccc1F. The van der Waals surface area contributed by atoms with Crippen LogP contribution < -0.4 is 5.73 Å². The maximum Gasteiger partial charge on any atom is 0.180 e. The Balaban J connectivity index is 0.00000144. The average molecular weight is 321 g/mol. The van der Waals surface area contributed by atoms with Crippen LogP contribution in [0.5, 0.6) is 0 Å². The van der Waals surface area contributed by atoms with Crippen molar-refractivity contribution in [3.63, 3.8) is 0 Å². The predicted octanol–water partition coefficient (Wildman–Crippen LogP) is 3.48. The zero-order valence-electron chi connectivity index (χ0n) is 9.04. The van der Waals surface area contributed by atoms with Crippen LogP contribution in [-0.4, -0.2) is 4.98 Å². The van der Waals surface area contributed by atoms with Gasteiger partial charge in [0.05, 0.1) is 5.69 Å². The molecule has 0 aliphatic heterocycles. The van der Waals surface area contributed by atoms with Crippen LogP contribution in [0.2, 0.25) is 0 Å². The first-order valence-electron chi connectivity index (χ1n) is 4.72. The summed E-state index contributed by atoms with van der Waals surface area (Å²) in [5.74, 6) is -1.07. The van der Waals surface area contributed by atoms with E-state index in [1.165, 1.54) is 29.5 Å². The first-order valence-corrected chi connectivity index (χ1v) is 5.54. The van der Waals surface area contributed by atoms with Crippen LogP contribution in [0.15, 0.2) is 18.2 Å². The number of thiazole rings is 1. The van der Waals surface area contributed by atoms with Gasteiger partial charge < -0.3 is 5.73 Å². The molecule has 1 heterocycles. The van der Waals surface area contributed by atoms with E-state index in [9.17, 15) is 8.78 Å². The van der Waals surface area contributed by atoms with Crippen molar-refractivity contribution >= 4 is 33.4 Å². The minimum absolute atomic E-state index is 0. The van der Waals surface area contributed by atoms with Gasteiger partial charge in [0.2, 0.25) is 0 Å². The summed E-state index contributed by atoms with van der Waals surface area (Å²) in [5.41, 5.74) is 6.32. The molecule has 92 valence electrons. The fourth-order valence-corrected chi connectivity index (χ4v) is 2.32. The van der Waals surface area contributed by atoms with Crippen LogP contribution in [0.4, 0.5) is 13.9 Å². The van der Waals surface area contributed by atoms with Gasteiger partial charge in [-0.2, -0.15) is 0 Å². The molecule has 17 heavy (non-hydrogen) atoms. The van der Waals surface area contributed by atoms with E-state index in [1.807, 2.05) is 0 Å². The highest BCUT2D eigenvalue weighted by Gasteiger charge is 2.13. The second-order valence-corrected chi connectivity index (χ2v) is 4.55. The molecule has 0 fully saturated rings. The monoisotopic (exact) mass is 320 g/mol. The van der Waals surface area contributed by atoms with Crippen molar-refractivity contribution in [3.05, 3.63) is 46.0 Å². The highest BCUT2D eigenvalue weighted by atomic mass is 79.9. The lowest BCUT2D eigenvalue weighted by Gasteiger charge is -2.03. The molecule has 0 unspecified atom stereocenters. The number of rotatable bonds is 2. The van der Waals surface area contributed by atoms with Gasteiger partial charge in [-0.3, -0.25) is 0 Å². The minimum Gasteiger partial charge on any atom is -0.375 e. The minimum atomic E-state index is -0.536. The average Bonchev–Trinajstić information content (AvgIpc) is 2.51. The number of nitrogens with two attached hydrogens (primary N) is 1. The molecule has 0 radical (unpaired) electrons. The number of hydrogen-bond acceptors (Lipinski definition) is 3. The van der Waals surface area contributed by atoms with Crippen molar-refractivity contribution in [3.8, 4) is 0 Å². The molecule has 6 heteroatoms. The number of hydrogen-bond donors (Lipinski definition) is 1. The van der Waals surface area contributed by atoms with Crippen LogP contribution >= 0.6 is 28.3 Å². The molecule has 0 aliphatic carbocycles. The van der Waals surface area contributed by atoms with Gasteiger partial charge in [0, 0.05) is 16.9 Å². The summed E-state index contributed by atoms with van der Waals surface area (Å²) < 4.78 is 26.8. The molecule has 2 aromatic rings. The fraction of sp³-hybridized carbons (Fsp3) is 0.182. The van der Waals surface area contributed by atoms with Crippen LogP contribution in [-0.2, 0) is 6.42 Å². The van der Waals surface area contributed by atoms with Crippen molar-refractivity contribution in [1.82, 2.24) is 4.98 Å². The Kier molecular flexibility index (Phi) is 4.59. The van der Waals surface area contributed by atoms with Gasteiger partial charge in [-0.05, 0) is 19.1 Å². The van der Waals surface area contributed by atoms with Gasteiger partial charge in [0.1, 0.15) is 11.6 Å². The smallest absolute Gasteiger partial charge is 0.180 e. The number of nitrogen functional groups attached to an aromatic ring is 1. The Morgan fingerprint density at radius 1 is 1.29 bits per heavy atom. The highest BCUT2D eigenvalue weighted by Crippen LogP contribution is 2.25. The molecule has 0 saturated carbocycles. The topological polar surface area (TPSA) is 38.9 Å². The maximum absolute atomic E-state index is 13.4. The van der Waals surface area contributed by atoms with Crippen LogP contribution in [0.3, 0.4) is 0 Å². The maximum atomic E-state index is 13.4. The van der Waals surface area contributed by atoms with Gasteiger partial charge in [0.25, 0.3) is 0 Å². The van der Waals surface area contributed by atoms with E-state index < -0.39 is 11.6 Å². The van der Waals surface area contributed by atoms with Crippen molar-refractivity contribution in [2.24, 2.45) is 0 Å². The number of nitrogens with zero attached hydrogens (tertiary/aromatic N) is 1. The Morgan fingerprint density at radius 2 is 1.88 bits per heavy atom. The van der Waals surface area contributed by atoms with Crippen molar-refractivity contribution < 1.29 is 8.78 Å². The predicted molar refractivity (Wildman–Crippen MR) is 70.7 cm³/mol. The summed E-state index contributed by atoms with van der Waals surface area (Å²) in [5, 5.41) is 0.421. The quantitative estimate of drug-likeness (QED) is 0.920. The van der Waals surface area contributed by atoms with E-state index in [2.05, 4.69) is 4.98 Å². The Morgan fingerprint density at radius 3 is 2.35 bits per heavy atom. The van der Waals surface area contributed by atoms with Gasteiger partial charge in [0.15, 0.2) is 5.13 Å². The van der Waals surface area contributed by atoms with Crippen LogP contribution in [0.1, 0.15) is 16.1 Å². The lowest BCUT2D eigenvalue weighted by molar-refractivity contribution is 0.562. The Hall–Kier alpha value is -1.01. The van der Waals surface area contributed by atoms with Crippen LogP contribution in [0, 0.1) is 18.6 Å². The molecule has 1 aromatic heterocycles. The molecule has 0 atom stereocenters. The lowest BCUT2D eigenvalue weighted by Crippen LogP contribution is -1.96. The zero-order valence-corrected chi connectivity index (χ0v) is 11.6. The molecule has 2 nitrogen and oxygen atoms in total. The number of benzene rings is 1. The second-order valence-electron chi connectivity index (χ2n) is 3.44. The molecular formula is C11H11BrF2N2S. The fourth-order valence-electron chi connectivity index (χ4n) is 1.48. The molecule has 0 bridgehead atoms. The van der Waals surface area contributed by atoms with E-state index >= 15 is 0 Å². The second kappa shape index (κ2) is 5.55. The summed E-state index contributed by atoms with van der Waals surface area (Å²) in [4.78, 5) is 4.81. The molecule has 0 aliphatic rings. The number of anilines is 1. The van der Waals surface area contributed by atoms with Gasteiger partial charge in [-0.15, -0.1) is 28.3 Å². The third kappa shape index (κ3) is 3.01. The van der Waals surface area contributed by atoms with Crippen molar-refractivity contribution in [2.75, 3.05) is 5.73 Å². The molecule has 2 rings (SSSR count). The van der Waals surface area contributed by atoms with Gasteiger partial charge >= 0.3 is 0 Å². The lowest BCUT2D eigenvalue weighted by atomic mass is 10.1. The van der Waals surface area contributed by atoms with Crippen LogP contribution in [0.25, 0.3) is 0 Å². The number of aryl methyl sites for hydroxylation is 1. The molecule has 0 saturated heterocycles. The largest absolute Gasteiger partial charge is 0.375 e. The molecule has 2 N–H and O–H groups in total. The van der Waals surface area contributed by atoms with E-state index in [-0.39, 0.29) is 29.0 Å². The third-order valence-electron chi connectivity index (χ3n) is 2.31. The molecule has 0 spiro atoms. The number of aromatic nitrogens is 1. The van der Waals surface area contributed by atoms with E-state index in [0.29, 0.717) is 5.13 Å². The first kappa shape index (κ1) is 14.1. The summed E-state index contributed by atoms with van der Waals surface area (Å²) in [6, 6.07) is 3.85. The molecule has 0 amide bonds. The molecule has 1 aromatic carbocycles. The summed E-state index contributed by atoms with van der Waals surface area (Å²) in [7, 11) is 0. The van der Waals surface area contributed by atoms with Gasteiger partial charge in [-0.25, -0.2) is 13.8 Å². The summed E-state index contributed by atoms with van der Waals surface area (Å²) in [6.07, 6.45) is 0.194.